The number of aryl methyl sites for hydroxylation is 1. The predicted octanol–water partition coefficient (Wildman–Crippen LogP) is 3.92. The fraction of sp³-hybridized carbons (Fsp3) is 0.435. The molecule has 2 aromatic rings. The van der Waals surface area contributed by atoms with Crippen molar-refractivity contribution in [2.24, 2.45) is 4.99 Å². The lowest BCUT2D eigenvalue weighted by Crippen LogP contribution is -2.40. The summed E-state index contributed by atoms with van der Waals surface area (Å²) in [6.07, 6.45) is 0. The number of halogens is 1. The Hall–Kier alpha value is -1.80. The quantitative estimate of drug-likeness (QED) is 0.353. The van der Waals surface area contributed by atoms with Gasteiger partial charge in [-0.25, -0.2) is 0 Å². The Morgan fingerprint density at radius 1 is 1.10 bits per heavy atom. The molecule has 3 rings (SSSR count). The molecule has 6 heteroatoms. The summed E-state index contributed by atoms with van der Waals surface area (Å²) in [5.41, 5.74) is 5.20. The molecule has 0 aromatic heterocycles. The van der Waals surface area contributed by atoms with Crippen LogP contribution in [0.5, 0.6) is 0 Å². The third kappa shape index (κ3) is 6.89. The fourth-order valence-electron chi connectivity index (χ4n) is 3.52. The number of guanidine groups is 1. The molecule has 158 valence electrons. The van der Waals surface area contributed by atoms with Crippen LogP contribution >= 0.6 is 24.0 Å². The number of aliphatic imine (C=N–C) groups is 1. The van der Waals surface area contributed by atoms with Gasteiger partial charge in [-0.05, 0) is 30.0 Å². The zero-order chi connectivity index (χ0) is 19.8. The highest BCUT2D eigenvalue weighted by molar-refractivity contribution is 14.0. The Balaban J connectivity index is 0.00000300. The molecule has 0 spiro atoms. The summed E-state index contributed by atoms with van der Waals surface area (Å²) < 4.78 is 5.49. The van der Waals surface area contributed by atoms with E-state index in [2.05, 4.69) is 82.9 Å². The van der Waals surface area contributed by atoms with Crippen molar-refractivity contribution in [2.45, 2.75) is 26.3 Å². The first kappa shape index (κ1) is 23.5. The van der Waals surface area contributed by atoms with Crippen molar-refractivity contribution in [3.63, 3.8) is 0 Å². The highest BCUT2D eigenvalue weighted by Crippen LogP contribution is 2.21. The van der Waals surface area contributed by atoms with E-state index in [4.69, 9.17) is 4.74 Å². The van der Waals surface area contributed by atoms with Gasteiger partial charge in [0.05, 0.1) is 13.2 Å². The Labute approximate surface area is 192 Å². The van der Waals surface area contributed by atoms with Crippen molar-refractivity contribution in [1.82, 2.24) is 10.6 Å². The third-order valence-corrected chi connectivity index (χ3v) is 5.20. The predicted molar refractivity (Wildman–Crippen MR) is 133 cm³/mol. The largest absolute Gasteiger partial charge is 0.378 e. The van der Waals surface area contributed by atoms with Crippen molar-refractivity contribution < 1.29 is 4.74 Å². The van der Waals surface area contributed by atoms with E-state index in [-0.39, 0.29) is 24.0 Å². The van der Waals surface area contributed by atoms with Crippen molar-refractivity contribution in [3.05, 3.63) is 65.2 Å². The van der Waals surface area contributed by atoms with Gasteiger partial charge in [0.15, 0.2) is 5.96 Å². The van der Waals surface area contributed by atoms with E-state index in [0.717, 1.165) is 45.4 Å². The van der Waals surface area contributed by atoms with Crippen molar-refractivity contribution in [3.8, 4) is 0 Å². The summed E-state index contributed by atoms with van der Waals surface area (Å²) in [6, 6.07) is 17.3. The van der Waals surface area contributed by atoms with Gasteiger partial charge in [-0.15, -0.1) is 24.0 Å². The molecular formula is C23H33IN4O. The first-order valence-corrected chi connectivity index (χ1v) is 10.1. The molecule has 0 aliphatic carbocycles. The highest BCUT2D eigenvalue weighted by Gasteiger charge is 2.14. The van der Waals surface area contributed by atoms with Gasteiger partial charge in [-0.3, -0.25) is 4.99 Å². The number of anilines is 1. The number of para-hydroxylation sites is 1. The van der Waals surface area contributed by atoms with Crippen LogP contribution < -0.4 is 15.5 Å². The molecular weight excluding hydrogens is 475 g/mol. The van der Waals surface area contributed by atoms with Crippen LogP contribution in [0.4, 0.5) is 5.69 Å². The third-order valence-electron chi connectivity index (χ3n) is 5.20. The van der Waals surface area contributed by atoms with Gasteiger partial charge < -0.3 is 20.3 Å². The number of morpholine rings is 1. The molecule has 1 atom stereocenters. The van der Waals surface area contributed by atoms with Gasteiger partial charge in [0, 0.05) is 38.9 Å². The summed E-state index contributed by atoms with van der Waals surface area (Å²) in [6.45, 7) is 9.43. The smallest absolute Gasteiger partial charge is 0.191 e. The van der Waals surface area contributed by atoms with Gasteiger partial charge in [0.25, 0.3) is 0 Å². The number of rotatable bonds is 6. The summed E-state index contributed by atoms with van der Waals surface area (Å²) >= 11 is 0. The first-order chi connectivity index (χ1) is 13.7. The van der Waals surface area contributed by atoms with E-state index in [1.807, 2.05) is 7.05 Å². The van der Waals surface area contributed by atoms with Gasteiger partial charge in [0.1, 0.15) is 0 Å². The van der Waals surface area contributed by atoms with Crippen LogP contribution in [0, 0.1) is 6.92 Å². The SMILES string of the molecule is CN=C(NCc1ccccc1N1CCOCC1)NCC(C)c1cccc(C)c1.I. The Morgan fingerprint density at radius 3 is 2.59 bits per heavy atom. The molecule has 1 aliphatic heterocycles. The topological polar surface area (TPSA) is 48.9 Å². The van der Waals surface area contributed by atoms with Crippen molar-refractivity contribution in [1.29, 1.82) is 0 Å². The fourth-order valence-corrected chi connectivity index (χ4v) is 3.52. The average molecular weight is 508 g/mol. The van der Waals surface area contributed by atoms with Gasteiger partial charge in [-0.1, -0.05) is 55.0 Å². The molecule has 0 saturated carbocycles. The van der Waals surface area contributed by atoms with Gasteiger partial charge in [-0.2, -0.15) is 0 Å². The van der Waals surface area contributed by atoms with Crippen LogP contribution in [0.3, 0.4) is 0 Å². The summed E-state index contributed by atoms with van der Waals surface area (Å²) in [7, 11) is 1.82. The summed E-state index contributed by atoms with van der Waals surface area (Å²) in [4.78, 5) is 6.79. The molecule has 29 heavy (non-hydrogen) atoms. The van der Waals surface area contributed by atoms with Crippen LogP contribution in [0.1, 0.15) is 29.5 Å². The molecule has 5 nitrogen and oxygen atoms in total. The van der Waals surface area contributed by atoms with Gasteiger partial charge in [0.2, 0.25) is 0 Å². The Kier molecular flexibility index (Phi) is 9.73. The minimum Gasteiger partial charge on any atom is -0.378 e. The molecule has 1 aliphatic rings. The highest BCUT2D eigenvalue weighted by atomic mass is 127. The molecule has 1 unspecified atom stereocenters. The zero-order valence-corrected chi connectivity index (χ0v) is 20.0. The van der Waals surface area contributed by atoms with E-state index in [9.17, 15) is 0 Å². The molecule has 0 bridgehead atoms. The van der Waals surface area contributed by atoms with Crippen molar-refractivity contribution in [2.75, 3.05) is 44.8 Å². The molecule has 1 saturated heterocycles. The molecule has 2 N–H and O–H groups in total. The van der Waals surface area contributed by atoms with E-state index in [1.165, 1.54) is 22.4 Å². The lowest BCUT2D eigenvalue weighted by Gasteiger charge is -2.30. The molecule has 2 aromatic carbocycles. The lowest BCUT2D eigenvalue weighted by atomic mass is 9.99. The molecule has 1 fully saturated rings. The van der Waals surface area contributed by atoms with Crippen LogP contribution in [0.15, 0.2) is 53.5 Å². The van der Waals surface area contributed by atoms with E-state index in [1.54, 1.807) is 0 Å². The number of ether oxygens (including phenoxy) is 1. The van der Waals surface area contributed by atoms with E-state index < -0.39 is 0 Å². The maximum atomic E-state index is 5.49. The standard InChI is InChI=1S/C23H32N4O.HI/c1-18-7-6-9-20(15-18)19(2)16-25-23(24-3)26-17-21-8-4-5-10-22(21)27-11-13-28-14-12-27;/h4-10,15,19H,11-14,16-17H2,1-3H3,(H2,24,25,26);1H. The second-order valence-electron chi connectivity index (χ2n) is 7.35. The normalized spacial score (nSPS) is 15.4. The maximum absolute atomic E-state index is 5.49. The number of benzene rings is 2. The van der Waals surface area contributed by atoms with Crippen LogP contribution in [-0.4, -0.2) is 45.9 Å². The lowest BCUT2D eigenvalue weighted by molar-refractivity contribution is 0.122. The Morgan fingerprint density at radius 2 is 1.86 bits per heavy atom. The molecule has 1 heterocycles. The number of hydrogen-bond acceptors (Lipinski definition) is 3. The second kappa shape index (κ2) is 12.0. The van der Waals surface area contributed by atoms with Crippen LogP contribution in [0.25, 0.3) is 0 Å². The van der Waals surface area contributed by atoms with Crippen molar-refractivity contribution >= 4 is 35.6 Å². The summed E-state index contributed by atoms with van der Waals surface area (Å²) in [5.74, 6) is 1.25. The molecule has 0 amide bonds. The Bertz CT molecular complexity index is 790. The van der Waals surface area contributed by atoms with Crippen LogP contribution in [0.2, 0.25) is 0 Å². The van der Waals surface area contributed by atoms with E-state index in [0.29, 0.717) is 5.92 Å². The first-order valence-electron chi connectivity index (χ1n) is 10.1. The maximum Gasteiger partial charge on any atom is 0.191 e. The average Bonchev–Trinajstić information content (AvgIpc) is 2.74. The zero-order valence-electron chi connectivity index (χ0n) is 17.6. The number of nitrogens with one attached hydrogen (secondary N) is 2. The minimum atomic E-state index is 0. The summed E-state index contributed by atoms with van der Waals surface area (Å²) in [5, 5.41) is 6.93. The van der Waals surface area contributed by atoms with Gasteiger partial charge >= 0.3 is 0 Å². The monoisotopic (exact) mass is 508 g/mol. The number of nitrogens with zero attached hydrogens (tertiary/aromatic N) is 2. The number of hydrogen-bond donors (Lipinski definition) is 2. The van der Waals surface area contributed by atoms with Crippen LogP contribution in [-0.2, 0) is 11.3 Å². The van der Waals surface area contributed by atoms with E-state index >= 15 is 0 Å². The second-order valence-corrected chi connectivity index (χ2v) is 7.35. The molecule has 0 radical (unpaired) electrons. The minimum absolute atomic E-state index is 0.